The molecule has 1 aliphatic heterocycles. The number of rotatable bonds is 6. The molecule has 0 spiro atoms. The summed E-state index contributed by atoms with van der Waals surface area (Å²) < 4.78 is 7.26. The number of imide groups is 1. The fourth-order valence-corrected chi connectivity index (χ4v) is 4.86. The van der Waals surface area contributed by atoms with Crippen molar-refractivity contribution in [1.29, 1.82) is 0 Å². The van der Waals surface area contributed by atoms with Gasteiger partial charge in [-0.3, -0.25) is 19.3 Å². The molecule has 1 saturated carbocycles. The summed E-state index contributed by atoms with van der Waals surface area (Å²) in [6.07, 6.45) is 3.24. The molecule has 7 nitrogen and oxygen atoms in total. The van der Waals surface area contributed by atoms with Crippen LogP contribution < -0.4 is 0 Å². The van der Waals surface area contributed by atoms with Crippen molar-refractivity contribution >= 4 is 23.6 Å². The number of nitrogens with zero attached hydrogens (tertiary/aromatic N) is 2. The van der Waals surface area contributed by atoms with Crippen LogP contribution in [-0.4, -0.2) is 45.7 Å². The molecule has 158 valence electrons. The molecular formula is C22H30N2O5. The number of carbonyl (C=O) groups excluding carboxylic acids is 4. The zero-order chi connectivity index (χ0) is 21.5. The number of ketones is 1. The summed E-state index contributed by atoms with van der Waals surface area (Å²) in [5.41, 5.74) is 2.33. The third-order valence-electron chi connectivity index (χ3n) is 6.25. The standard InChI is InChI=1S/C22H30N2O5/c1-12(2)23-13(3)10-18(14(23)4)19(25)11-29-22(28)15(5)24-20(26)16-8-6-7-9-17(16)21(24)27/h10,12,15-17H,6-9,11H2,1-5H3/t15-,16-,17+/m0/s1. The summed E-state index contributed by atoms with van der Waals surface area (Å²) in [6.45, 7) is 8.96. The molecule has 29 heavy (non-hydrogen) atoms. The molecule has 0 unspecified atom stereocenters. The van der Waals surface area contributed by atoms with Crippen LogP contribution in [0.1, 0.15) is 74.2 Å². The Bertz CT molecular complexity index is 830. The second-order valence-corrected chi connectivity index (χ2v) is 8.50. The van der Waals surface area contributed by atoms with E-state index in [4.69, 9.17) is 4.74 Å². The molecule has 2 amide bonds. The fourth-order valence-electron chi connectivity index (χ4n) is 4.86. The van der Waals surface area contributed by atoms with Crippen LogP contribution in [0.5, 0.6) is 0 Å². The number of esters is 1. The fraction of sp³-hybridized carbons (Fsp3) is 0.636. The minimum atomic E-state index is -1.02. The molecule has 7 heteroatoms. The van der Waals surface area contributed by atoms with Crippen LogP contribution in [0.15, 0.2) is 6.07 Å². The van der Waals surface area contributed by atoms with Crippen LogP contribution in [-0.2, 0) is 19.1 Å². The first-order valence-electron chi connectivity index (χ1n) is 10.4. The molecule has 3 rings (SSSR count). The molecular weight excluding hydrogens is 372 g/mol. The number of Topliss-reactive ketones (excluding diaryl/α,β-unsaturated/α-hetero) is 1. The molecule has 1 saturated heterocycles. The van der Waals surface area contributed by atoms with Crippen molar-refractivity contribution in [2.45, 2.75) is 72.4 Å². The zero-order valence-electron chi connectivity index (χ0n) is 17.9. The molecule has 0 N–H and O–H groups in total. The number of aromatic nitrogens is 1. The van der Waals surface area contributed by atoms with Gasteiger partial charge in [0.25, 0.3) is 0 Å². The summed E-state index contributed by atoms with van der Waals surface area (Å²) in [7, 11) is 0. The summed E-state index contributed by atoms with van der Waals surface area (Å²) in [5, 5.41) is 0. The molecule has 2 aliphatic rings. The van der Waals surface area contributed by atoms with E-state index in [9.17, 15) is 19.2 Å². The van der Waals surface area contributed by atoms with Gasteiger partial charge >= 0.3 is 5.97 Å². The average molecular weight is 402 g/mol. The Hall–Kier alpha value is -2.44. The van der Waals surface area contributed by atoms with Crippen LogP contribution in [0.3, 0.4) is 0 Å². The van der Waals surface area contributed by atoms with Gasteiger partial charge in [0.15, 0.2) is 6.61 Å². The van der Waals surface area contributed by atoms with Crippen LogP contribution in [0, 0.1) is 25.7 Å². The zero-order valence-corrected chi connectivity index (χ0v) is 17.9. The maximum atomic E-state index is 12.6. The first-order valence-corrected chi connectivity index (χ1v) is 10.4. The first kappa shape index (κ1) is 21.3. The lowest BCUT2D eigenvalue weighted by molar-refractivity contribution is -0.157. The van der Waals surface area contributed by atoms with E-state index in [-0.39, 0.29) is 35.5 Å². The molecule has 0 aromatic carbocycles. The maximum absolute atomic E-state index is 12.6. The van der Waals surface area contributed by atoms with Gasteiger partial charge in [0.05, 0.1) is 11.8 Å². The molecule has 0 bridgehead atoms. The maximum Gasteiger partial charge on any atom is 0.329 e. The smallest absolute Gasteiger partial charge is 0.329 e. The minimum absolute atomic E-state index is 0.217. The summed E-state index contributed by atoms with van der Waals surface area (Å²) in [4.78, 5) is 51.4. The van der Waals surface area contributed by atoms with Crippen LogP contribution in [0.4, 0.5) is 0 Å². The van der Waals surface area contributed by atoms with E-state index in [0.717, 1.165) is 29.1 Å². The lowest BCUT2D eigenvalue weighted by Gasteiger charge is -2.21. The lowest BCUT2D eigenvalue weighted by atomic mass is 9.81. The number of hydrogen-bond acceptors (Lipinski definition) is 5. The molecule has 1 aromatic rings. The summed E-state index contributed by atoms with van der Waals surface area (Å²) >= 11 is 0. The lowest BCUT2D eigenvalue weighted by Crippen LogP contribution is -2.44. The van der Waals surface area contributed by atoms with Gasteiger partial charge in [-0.15, -0.1) is 0 Å². The summed E-state index contributed by atoms with van der Waals surface area (Å²) in [6, 6.07) is 0.999. The predicted molar refractivity (Wildman–Crippen MR) is 106 cm³/mol. The number of carbonyl (C=O) groups is 4. The SMILES string of the molecule is Cc1cc(C(=O)COC(=O)[C@H](C)N2C(=O)[C@H]3CCCC[C@H]3C2=O)c(C)n1C(C)C. The first-order chi connectivity index (χ1) is 13.6. The highest BCUT2D eigenvalue weighted by molar-refractivity contribution is 6.08. The quantitative estimate of drug-likeness (QED) is 0.415. The monoisotopic (exact) mass is 402 g/mol. The van der Waals surface area contributed by atoms with Gasteiger partial charge in [0.2, 0.25) is 17.6 Å². The second-order valence-electron chi connectivity index (χ2n) is 8.50. The topological polar surface area (TPSA) is 85.7 Å². The van der Waals surface area contributed by atoms with Crippen molar-refractivity contribution in [2.24, 2.45) is 11.8 Å². The predicted octanol–water partition coefficient (Wildman–Crippen LogP) is 2.98. The second kappa shape index (κ2) is 8.13. The van der Waals surface area contributed by atoms with Gasteiger partial charge in [-0.25, -0.2) is 4.79 Å². The van der Waals surface area contributed by atoms with Gasteiger partial charge < -0.3 is 9.30 Å². The van der Waals surface area contributed by atoms with E-state index in [1.165, 1.54) is 6.92 Å². The van der Waals surface area contributed by atoms with Crippen molar-refractivity contribution in [3.63, 3.8) is 0 Å². The highest BCUT2D eigenvalue weighted by Gasteiger charge is 2.51. The van der Waals surface area contributed by atoms with Crippen LogP contribution in [0.2, 0.25) is 0 Å². The van der Waals surface area contributed by atoms with Crippen molar-refractivity contribution in [3.8, 4) is 0 Å². The van der Waals surface area contributed by atoms with Crippen molar-refractivity contribution in [3.05, 3.63) is 23.0 Å². The third kappa shape index (κ3) is 3.74. The molecule has 2 heterocycles. The Morgan fingerprint density at radius 2 is 1.62 bits per heavy atom. The van der Waals surface area contributed by atoms with E-state index in [0.29, 0.717) is 18.4 Å². The number of likely N-dealkylation sites (tertiary alicyclic amines) is 1. The van der Waals surface area contributed by atoms with Crippen molar-refractivity contribution < 1.29 is 23.9 Å². The summed E-state index contributed by atoms with van der Waals surface area (Å²) in [5.74, 6) is -2.20. The Morgan fingerprint density at radius 1 is 1.07 bits per heavy atom. The van der Waals surface area contributed by atoms with Gasteiger partial charge in [0, 0.05) is 23.0 Å². The van der Waals surface area contributed by atoms with E-state index < -0.39 is 18.6 Å². The van der Waals surface area contributed by atoms with Crippen LogP contribution >= 0.6 is 0 Å². The Balaban J connectivity index is 1.65. The molecule has 2 fully saturated rings. The highest BCUT2D eigenvalue weighted by atomic mass is 16.5. The molecule has 3 atom stereocenters. The number of fused-ring (bicyclic) bond motifs is 1. The van der Waals surface area contributed by atoms with E-state index in [1.54, 1.807) is 6.07 Å². The van der Waals surface area contributed by atoms with E-state index in [1.807, 2.05) is 27.7 Å². The van der Waals surface area contributed by atoms with E-state index >= 15 is 0 Å². The largest absolute Gasteiger partial charge is 0.456 e. The highest BCUT2D eigenvalue weighted by Crippen LogP contribution is 2.38. The van der Waals surface area contributed by atoms with Gasteiger partial charge in [-0.1, -0.05) is 12.8 Å². The van der Waals surface area contributed by atoms with Gasteiger partial charge in [-0.2, -0.15) is 0 Å². The normalized spacial score (nSPS) is 22.8. The Labute approximate surface area is 171 Å². The molecule has 0 radical (unpaired) electrons. The van der Waals surface area contributed by atoms with Crippen LogP contribution in [0.25, 0.3) is 0 Å². The average Bonchev–Trinajstić information content (AvgIpc) is 3.12. The van der Waals surface area contributed by atoms with Crippen molar-refractivity contribution in [1.82, 2.24) is 9.47 Å². The van der Waals surface area contributed by atoms with Crippen molar-refractivity contribution in [2.75, 3.05) is 6.61 Å². The van der Waals surface area contributed by atoms with Gasteiger partial charge in [-0.05, 0) is 53.5 Å². The Morgan fingerprint density at radius 3 is 2.10 bits per heavy atom. The number of ether oxygens (including phenoxy) is 1. The number of hydrogen-bond donors (Lipinski definition) is 0. The molecule has 1 aliphatic carbocycles. The van der Waals surface area contributed by atoms with Gasteiger partial charge in [0.1, 0.15) is 6.04 Å². The number of aryl methyl sites for hydroxylation is 1. The van der Waals surface area contributed by atoms with E-state index in [2.05, 4.69) is 4.57 Å². The molecule has 1 aromatic heterocycles. The minimum Gasteiger partial charge on any atom is -0.456 e. The number of amides is 2. The third-order valence-corrected chi connectivity index (χ3v) is 6.25. The Kier molecular flexibility index (Phi) is 5.96.